The first-order valence-corrected chi connectivity index (χ1v) is 8.85. The molecule has 0 aromatic heterocycles. The van der Waals surface area contributed by atoms with Crippen molar-refractivity contribution in [1.82, 2.24) is 4.90 Å². The van der Waals surface area contributed by atoms with Crippen molar-refractivity contribution in [3.8, 4) is 0 Å². The van der Waals surface area contributed by atoms with E-state index in [1.165, 1.54) is 25.3 Å². The molecule has 1 heterocycles. The number of nitro groups is 1. The lowest BCUT2D eigenvalue weighted by atomic mass is 9.93. The highest BCUT2D eigenvalue weighted by Crippen LogP contribution is 2.51. The summed E-state index contributed by atoms with van der Waals surface area (Å²) in [6.45, 7) is 0. The normalized spacial score (nSPS) is 33.6. The SMILES string of the molecule is O=C1CS[C@H](c2cccc([N+](=O)[O-])c2)N1[C@@H]1C[C@@H]2CC[C@@H]1C2. The van der Waals surface area contributed by atoms with Gasteiger partial charge in [-0.15, -0.1) is 11.8 Å². The zero-order valence-corrected chi connectivity index (χ0v) is 13.0. The Balaban J connectivity index is 1.64. The van der Waals surface area contributed by atoms with Crippen LogP contribution in [0.15, 0.2) is 24.3 Å². The molecule has 4 atom stereocenters. The van der Waals surface area contributed by atoms with Crippen LogP contribution in [0.4, 0.5) is 5.69 Å². The Morgan fingerprint density at radius 2 is 2.14 bits per heavy atom. The Morgan fingerprint density at radius 1 is 1.27 bits per heavy atom. The Labute approximate surface area is 133 Å². The number of amides is 1. The summed E-state index contributed by atoms with van der Waals surface area (Å²) < 4.78 is 0. The first-order chi connectivity index (χ1) is 10.6. The highest BCUT2D eigenvalue weighted by atomic mass is 32.2. The lowest BCUT2D eigenvalue weighted by Gasteiger charge is -2.35. The second-order valence-corrected chi connectivity index (χ2v) is 7.63. The molecule has 1 aromatic rings. The van der Waals surface area contributed by atoms with Crippen LogP contribution < -0.4 is 0 Å². The van der Waals surface area contributed by atoms with Gasteiger partial charge in [-0.1, -0.05) is 18.6 Å². The monoisotopic (exact) mass is 318 g/mol. The Kier molecular flexibility index (Phi) is 3.36. The molecule has 1 saturated heterocycles. The zero-order chi connectivity index (χ0) is 15.3. The molecule has 3 aliphatic rings. The number of rotatable bonds is 3. The fourth-order valence-corrected chi connectivity index (χ4v) is 5.62. The number of carbonyl (C=O) groups is 1. The van der Waals surface area contributed by atoms with Crippen LogP contribution >= 0.6 is 11.8 Å². The molecule has 2 aliphatic carbocycles. The van der Waals surface area contributed by atoms with Crippen molar-refractivity contribution in [3.63, 3.8) is 0 Å². The van der Waals surface area contributed by atoms with E-state index in [-0.39, 0.29) is 21.9 Å². The second kappa shape index (κ2) is 5.26. The fraction of sp³-hybridized carbons (Fsp3) is 0.562. The van der Waals surface area contributed by atoms with E-state index in [9.17, 15) is 14.9 Å². The number of thioether (sulfide) groups is 1. The van der Waals surface area contributed by atoms with Gasteiger partial charge in [0, 0.05) is 18.2 Å². The van der Waals surface area contributed by atoms with Crippen molar-refractivity contribution in [2.75, 3.05) is 5.75 Å². The standard InChI is InChI=1S/C16H18N2O3S/c19-15-9-22-16(12-2-1-3-13(8-12)18(20)21)17(15)14-7-10-4-5-11(14)6-10/h1-3,8,10-11,14,16H,4-7,9H2/t10-,11-,14-,16-/m1/s1. The van der Waals surface area contributed by atoms with Gasteiger partial charge in [0.05, 0.1) is 10.7 Å². The molecule has 22 heavy (non-hydrogen) atoms. The van der Waals surface area contributed by atoms with E-state index in [0.717, 1.165) is 17.9 Å². The number of fused-ring (bicyclic) bond motifs is 2. The Bertz CT molecular complexity index is 636. The maximum Gasteiger partial charge on any atom is 0.269 e. The molecule has 0 unspecified atom stereocenters. The summed E-state index contributed by atoms with van der Waals surface area (Å²) >= 11 is 1.60. The largest absolute Gasteiger partial charge is 0.323 e. The number of nitro benzene ring substituents is 1. The molecule has 1 amide bonds. The molecule has 0 N–H and O–H groups in total. The first-order valence-electron chi connectivity index (χ1n) is 7.80. The van der Waals surface area contributed by atoms with E-state index in [1.54, 1.807) is 23.9 Å². The first kappa shape index (κ1) is 14.1. The molecule has 6 heteroatoms. The second-order valence-electron chi connectivity index (χ2n) is 6.56. The van der Waals surface area contributed by atoms with Gasteiger partial charge in [-0.25, -0.2) is 0 Å². The van der Waals surface area contributed by atoms with Crippen molar-refractivity contribution >= 4 is 23.4 Å². The molecule has 2 bridgehead atoms. The molecular weight excluding hydrogens is 300 g/mol. The third-order valence-corrected chi connectivity index (χ3v) is 6.56. The van der Waals surface area contributed by atoms with Crippen molar-refractivity contribution in [1.29, 1.82) is 0 Å². The molecule has 0 radical (unpaired) electrons. The molecule has 116 valence electrons. The van der Waals surface area contributed by atoms with Crippen LogP contribution in [0.25, 0.3) is 0 Å². The van der Waals surface area contributed by atoms with Crippen molar-refractivity contribution in [3.05, 3.63) is 39.9 Å². The summed E-state index contributed by atoms with van der Waals surface area (Å²) in [6, 6.07) is 7.09. The molecule has 0 spiro atoms. The van der Waals surface area contributed by atoms with Gasteiger partial charge in [-0.3, -0.25) is 14.9 Å². The minimum atomic E-state index is -0.368. The van der Waals surface area contributed by atoms with E-state index in [2.05, 4.69) is 0 Å². The lowest BCUT2D eigenvalue weighted by Crippen LogP contribution is -2.41. The van der Waals surface area contributed by atoms with Gasteiger partial charge in [-0.05, 0) is 36.7 Å². The van der Waals surface area contributed by atoms with Gasteiger partial charge < -0.3 is 4.90 Å². The molecular formula is C16H18N2O3S. The summed E-state index contributed by atoms with van der Waals surface area (Å²) in [6.07, 6.45) is 4.90. The van der Waals surface area contributed by atoms with E-state index in [4.69, 9.17) is 0 Å². The quantitative estimate of drug-likeness (QED) is 0.633. The van der Waals surface area contributed by atoms with Crippen molar-refractivity contribution in [2.24, 2.45) is 11.8 Å². The number of hydrogen-bond acceptors (Lipinski definition) is 4. The van der Waals surface area contributed by atoms with Gasteiger partial charge in [0.2, 0.25) is 5.91 Å². The Morgan fingerprint density at radius 3 is 2.82 bits per heavy atom. The average molecular weight is 318 g/mol. The van der Waals surface area contributed by atoms with Gasteiger partial charge in [0.25, 0.3) is 5.69 Å². The molecule has 3 fully saturated rings. The van der Waals surface area contributed by atoms with E-state index in [1.807, 2.05) is 11.0 Å². The topological polar surface area (TPSA) is 63.4 Å². The maximum absolute atomic E-state index is 12.4. The van der Waals surface area contributed by atoms with Crippen LogP contribution in [0.5, 0.6) is 0 Å². The van der Waals surface area contributed by atoms with E-state index >= 15 is 0 Å². The summed E-state index contributed by atoms with van der Waals surface area (Å²) in [5.41, 5.74) is 0.984. The molecule has 1 aromatic carbocycles. The van der Waals surface area contributed by atoms with Gasteiger partial charge >= 0.3 is 0 Å². The van der Waals surface area contributed by atoms with Crippen molar-refractivity contribution in [2.45, 2.75) is 37.1 Å². The number of nitrogens with zero attached hydrogens (tertiary/aromatic N) is 2. The average Bonchev–Trinajstić information content (AvgIpc) is 3.22. The highest BCUT2D eigenvalue weighted by Gasteiger charge is 2.48. The van der Waals surface area contributed by atoms with Crippen LogP contribution in [0.2, 0.25) is 0 Å². The number of benzene rings is 1. The van der Waals surface area contributed by atoms with Gasteiger partial charge in [0.1, 0.15) is 5.37 Å². The molecule has 5 nitrogen and oxygen atoms in total. The summed E-state index contributed by atoms with van der Waals surface area (Å²) in [7, 11) is 0. The van der Waals surface area contributed by atoms with Crippen molar-refractivity contribution < 1.29 is 9.72 Å². The Hall–Kier alpha value is -1.56. The van der Waals surface area contributed by atoms with Crippen LogP contribution in [-0.2, 0) is 4.79 Å². The summed E-state index contributed by atoms with van der Waals surface area (Å²) in [5, 5.41) is 10.9. The molecule has 1 aliphatic heterocycles. The zero-order valence-electron chi connectivity index (χ0n) is 12.2. The lowest BCUT2D eigenvalue weighted by molar-refractivity contribution is -0.384. The van der Waals surface area contributed by atoms with E-state index in [0.29, 0.717) is 17.7 Å². The minimum Gasteiger partial charge on any atom is -0.323 e. The van der Waals surface area contributed by atoms with Crippen LogP contribution in [0.3, 0.4) is 0 Å². The summed E-state index contributed by atoms with van der Waals surface area (Å²) in [4.78, 5) is 25.1. The molecule has 2 saturated carbocycles. The third kappa shape index (κ3) is 2.20. The number of hydrogen-bond donors (Lipinski definition) is 0. The maximum atomic E-state index is 12.4. The predicted molar refractivity (Wildman–Crippen MR) is 84.4 cm³/mol. The highest BCUT2D eigenvalue weighted by molar-refractivity contribution is 8.00. The number of carbonyl (C=O) groups excluding carboxylic acids is 1. The van der Waals surface area contributed by atoms with Crippen LogP contribution in [0, 0.1) is 22.0 Å². The fourth-order valence-electron chi connectivity index (χ4n) is 4.40. The third-order valence-electron chi connectivity index (χ3n) is 5.33. The minimum absolute atomic E-state index is 0.0586. The predicted octanol–water partition coefficient (Wildman–Crippen LogP) is 3.36. The number of non-ortho nitro benzene ring substituents is 1. The summed E-state index contributed by atoms with van der Waals surface area (Å²) in [5.74, 6) is 2.09. The smallest absolute Gasteiger partial charge is 0.269 e. The molecule has 4 rings (SSSR count). The van der Waals surface area contributed by atoms with E-state index < -0.39 is 0 Å². The van der Waals surface area contributed by atoms with Crippen LogP contribution in [-0.4, -0.2) is 27.5 Å². The van der Waals surface area contributed by atoms with Gasteiger partial charge in [-0.2, -0.15) is 0 Å². The van der Waals surface area contributed by atoms with Gasteiger partial charge in [0.15, 0.2) is 0 Å². The van der Waals surface area contributed by atoms with Crippen LogP contribution in [0.1, 0.15) is 36.6 Å².